The molecule has 0 aliphatic rings. The maximum Gasteiger partial charge on any atom is 0.123 e. The third kappa shape index (κ3) is 4.19. The molecule has 0 amide bonds. The van der Waals surface area contributed by atoms with E-state index in [1.165, 1.54) is 12.1 Å². The molecule has 0 spiro atoms. The molecule has 1 atom stereocenters. The fourth-order valence-corrected chi connectivity index (χ4v) is 1.60. The molecule has 2 nitrogen and oxygen atoms in total. The van der Waals surface area contributed by atoms with E-state index in [9.17, 15) is 4.39 Å². The molecule has 0 bridgehead atoms. The Morgan fingerprint density at radius 1 is 1.31 bits per heavy atom. The zero-order valence-corrected chi connectivity index (χ0v) is 10.3. The summed E-state index contributed by atoms with van der Waals surface area (Å²) in [5, 5.41) is 3.22. The van der Waals surface area contributed by atoms with E-state index in [1.807, 2.05) is 26.2 Å². The van der Waals surface area contributed by atoms with Gasteiger partial charge in [-0.2, -0.15) is 0 Å². The Morgan fingerprint density at radius 2 is 1.94 bits per heavy atom. The predicted octanol–water partition coefficient (Wildman–Crippen LogP) is 2.65. The first-order chi connectivity index (χ1) is 7.63. The van der Waals surface area contributed by atoms with Crippen molar-refractivity contribution in [3.63, 3.8) is 0 Å². The fraction of sp³-hybridized carbons (Fsp3) is 0.538. The summed E-state index contributed by atoms with van der Waals surface area (Å²) >= 11 is 0. The standard InChI is InChI=1S/C13H21FN2/c1-11(15-2)5-4-10-16(3)13-8-6-12(14)7-9-13/h6-9,11,15H,4-5,10H2,1-3H3. The van der Waals surface area contributed by atoms with Crippen molar-refractivity contribution in [2.24, 2.45) is 0 Å². The van der Waals surface area contributed by atoms with Crippen LogP contribution in [-0.4, -0.2) is 26.7 Å². The van der Waals surface area contributed by atoms with Crippen molar-refractivity contribution < 1.29 is 4.39 Å². The van der Waals surface area contributed by atoms with Crippen LogP contribution in [0.4, 0.5) is 10.1 Å². The van der Waals surface area contributed by atoms with Crippen LogP contribution in [0.2, 0.25) is 0 Å². The van der Waals surface area contributed by atoms with Crippen LogP contribution in [0.1, 0.15) is 19.8 Å². The molecular formula is C13H21FN2. The van der Waals surface area contributed by atoms with Crippen molar-refractivity contribution in [2.45, 2.75) is 25.8 Å². The molecule has 3 heteroatoms. The summed E-state index contributed by atoms with van der Waals surface area (Å²) in [6, 6.07) is 7.19. The largest absolute Gasteiger partial charge is 0.375 e. The Bertz CT molecular complexity index is 297. The van der Waals surface area contributed by atoms with E-state index in [-0.39, 0.29) is 5.82 Å². The van der Waals surface area contributed by atoms with Crippen LogP contribution in [0, 0.1) is 5.82 Å². The molecule has 1 aromatic carbocycles. The van der Waals surface area contributed by atoms with Gasteiger partial charge in [-0.15, -0.1) is 0 Å². The Hall–Kier alpha value is -1.09. The Labute approximate surface area is 97.5 Å². The molecule has 0 saturated heterocycles. The monoisotopic (exact) mass is 224 g/mol. The van der Waals surface area contributed by atoms with Crippen LogP contribution in [0.3, 0.4) is 0 Å². The summed E-state index contributed by atoms with van der Waals surface area (Å²) in [6.45, 7) is 3.18. The van der Waals surface area contributed by atoms with Crippen molar-refractivity contribution in [3.8, 4) is 0 Å². The second-order valence-electron chi connectivity index (χ2n) is 4.23. The highest BCUT2D eigenvalue weighted by Gasteiger charge is 2.02. The second-order valence-corrected chi connectivity index (χ2v) is 4.23. The lowest BCUT2D eigenvalue weighted by Gasteiger charge is -2.20. The molecule has 90 valence electrons. The summed E-state index contributed by atoms with van der Waals surface area (Å²) < 4.78 is 12.7. The molecular weight excluding hydrogens is 203 g/mol. The molecule has 0 heterocycles. The van der Waals surface area contributed by atoms with E-state index in [0.717, 1.165) is 25.1 Å². The van der Waals surface area contributed by atoms with Gasteiger partial charge in [0.1, 0.15) is 5.82 Å². The van der Waals surface area contributed by atoms with Crippen molar-refractivity contribution >= 4 is 5.69 Å². The van der Waals surface area contributed by atoms with Crippen molar-refractivity contribution in [2.75, 3.05) is 25.5 Å². The van der Waals surface area contributed by atoms with E-state index in [4.69, 9.17) is 0 Å². The molecule has 0 aromatic heterocycles. The van der Waals surface area contributed by atoms with Crippen molar-refractivity contribution in [1.29, 1.82) is 0 Å². The van der Waals surface area contributed by atoms with Crippen LogP contribution < -0.4 is 10.2 Å². The smallest absolute Gasteiger partial charge is 0.123 e. The number of rotatable bonds is 6. The second kappa shape index (κ2) is 6.48. The first-order valence-electron chi connectivity index (χ1n) is 5.77. The molecule has 0 aliphatic heterocycles. The van der Waals surface area contributed by atoms with Crippen molar-refractivity contribution in [1.82, 2.24) is 5.32 Å². The van der Waals surface area contributed by atoms with Gasteiger partial charge in [0, 0.05) is 25.3 Å². The highest BCUT2D eigenvalue weighted by atomic mass is 19.1. The number of hydrogen-bond acceptors (Lipinski definition) is 2. The van der Waals surface area contributed by atoms with Gasteiger partial charge in [-0.25, -0.2) is 4.39 Å². The summed E-state index contributed by atoms with van der Waals surface area (Å²) in [6.07, 6.45) is 2.29. The molecule has 0 fully saturated rings. The average Bonchev–Trinajstić information content (AvgIpc) is 2.29. The average molecular weight is 224 g/mol. The highest BCUT2D eigenvalue weighted by molar-refractivity contribution is 5.45. The molecule has 1 unspecified atom stereocenters. The summed E-state index contributed by atoms with van der Waals surface area (Å²) in [5.74, 6) is -0.180. The van der Waals surface area contributed by atoms with E-state index < -0.39 is 0 Å². The minimum Gasteiger partial charge on any atom is -0.375 e. The van der Waals surface area contributed by atoms with Crippen LogP contribution in [0.5, 0.6) is 0 Å². The van der Waals surface area contributed by atoms with Gasteiger partial charge < -0.3 is 10.2 Å². The van der Waals surface area contributed by atoms with Crippen LogP contribution in [0.15, 0.2) is 24.3 Å². The molecule has 1 N–H and O–H groups in total. The summed E-state index contributed by atoms with van der Waals surface area (Å²) in [5.41, 5.74) is 1.07. The predicted molar refractivity (Wildman–Crippen MR) is 67.4 cm³/mol. The topological polar surface area (TPSA) is 15.3 Å². The molecule has 16 heavy (non-hydrogen) atoms. The Kier molecular flexibility index (Phi) is 5.26. The lowest BCUT2D eigenvalue weighted by molar-refractivity contribution is 0.542. The normalized spacial score (nSPS) is 12.5. The van der Waals surface area contributed by atoms with Crippen LogP contribution >= 0.6 is 0 Å². The first-order valence-corrected chi connectivity index (χ1v) is 5.77. The van der Waals surface area contributed by atoms with E-state index in [0.29, 0.717) is 6.04 Å². The molecule has 1 rings (SSSR count). The zero-order valence-electron chi connectivity index (χ0n) is 10.3. The Morgan fingerprint density at radius 3 is 2.50 bits per heavy atom. The zero-order chi connectivity index (χ0) is 12.0. The molecule has 1 aromatic rings. The quantitative estimate of drug-likeness (QED) is 0.799. The van der Waals surface area contributed by atoms with Gasteiger partial charge in [-0.05, 0) is 51.1 Å². The van der Waals surface area contributed by atoms with Gasteiger partial charge >= 0.3 is 0 Å². The number of nitrogens with one attached hydrogen (secondary N) is 1. The number of benzene rings is 1. The van der Waals surface area contributed by atoms with E-state index in [2.05, 4.69) is 17.1 Å². The number of hydrogen-bond donors (Lipinski definition) is 1. The summed E-state index contributed by atoms with van der Waals surface area (Å²) in [7, 11) is 4.02. The third-order valence-electron chi connectivity index (χ3n) is 2.89. The lowest BCUT2D eigenvalue weighted by atomic mass is 10.2. The number of nitrogens with zero attached hydrogens (tertiary/aromatic N) is 1. The minimum absolute atomic E-state index is 0.180. The van der Waals surface area contributed by atoms with E-state index in [1.54, 1.807) is 0 Å². The number of anilines is 1. The fourth-order valence-electron chi connectivity index (χ4n) is 1.60. The van der Waals surface area contributed by atoms with Gasteiger partial charge in [0.05, 0.1) is 0 Å². The first kappa shape index (κ1) is 13.0. The summed E-state index contributed by atoms with van der Waals surface area (Å²) in [4.78, 5) is 2.15. The van der Waals surface area contributed by atoms with Gasteiger partial charge in [0.15, 0.2) is 0 Å². The van der Waals surface area contributed by atoms with Gasteiger partial charge in [-0.1, -0.05) is 0 Å². The SMILES string of the molecule is CNC(C)CCCN(C)c1ccc(F)cc1. The van der Waals surface area contributed by atoms with Gasteiger partial charge in [0.2, 0.25) is 0 Å². The third-order valence-corrected chi connectivity index (χ3v) is 2.89. The van der Waals surface area contributed by atoms with E-state index >= 15 is 0 Å². The number of halogens is 1. The Balaban J connectivity index is 2.35. The maximum atomic E-state index is 12.7. The van der Waals surface area contributed by atoms with Gasteiger partial charge in [0.25, 0.3) is 0 Å². The van der Waals surface area contributed by atoms with Gasteiger partial charge in [-0.3, -0.25) is 0 Å². The maximum absolute atomic E-state index is 12.7. The molecule has 0 aliphatic carbocycles. The molecule has 0 saturated carbocycles. The van der Waals surface area contributed by atoms with Crippen LogP contribution in [-0.2, 0) is 0 Å². The highest BCUT2D eigenvalue weighted by Crippen LogP contribution is 2.13. The molecule has 0 radical (unpaired) electrons. The van der Waals surface area contributed by atoms with Crippen LogP contribution in [0.25, 0.3) is 0 Å². The lowest BCUT2D eigenvalue weighted by Crippen LogP contribution is -2.24. The van der Waals surface area contributed by atoms with Crippen molar-refractivity contribution in [3.05, 3.63) is 30.1 Å². The minimum atomic E-state index is -0.180.